The summed E-state index contributed by atoms with van der Waals surface area (Å²) in [6.45, 7) is 13.7. The number of hydrogen-bond acceptors (Lipinski definition) is 27. The maximum atomic E-state index is 14.5. The standard InChI is InChI=1S/C58H81IN4O21S3/c1-13-61-32-25-77-37(23-36(32)72-8)82-50-45(67)42(28(3)79-55(50)81-35-18-16-14-15-17-20-58(71)24-34(65)43(62-56(70)76-12)40(35)31(58)19-21-85-87-57(6,7)26-60)63-84-38-22-33(64)52(30(5)78-38)86-53(69)39-27(2)41(59)48(51(75-11)47(39)73-9)83-54-46(68)49(74-10)44(66)29(4)80-54/h14-15,19,28-30,32-33,35-38,42,44-46,49-50,52,54-55,61,63-64,66-68,71H,13,21-26,60H2,1-12H3,(H,62,70)/b15-14?,31-19+/t28-,29+,30-,32+,33+,35+,36+,37+,38+,42-,44+,45+,46-,49-,50-,52-,54+,55+,58+/m1/s1. The number of nitrogens with one attached hydrogen (secondary N) is 3. The molecule has 19 atom stereocenters. The van der Waals surface area contributed by atoms with Gasteiger partial charge in [-0.2, -0.15) is 5.48 Å². The molecule has 0 saturated carbocycles. The van der Waals surface area contributed by atoms with Crippen molar-refractivity contribution in [3.05, 3.63) is 49.8 Å². The van der Waals surface area contributed by atoms with Gasteiger partial charge in [0.1, 0.15) is 36.6 Å². The van der Waals surface area contributed by atoms with E-state index in [2.05, 4.69) is 39.8 Å². The number of amides is 1. The number of thioether (sulfide) groups is 1. The molecule has 87 heavy (non-hydrogen) atoms. The Morgan fingerprint density at radius 3 is 2.26 bits per heavy atom. The molecule has 0 unspecified atom stereocenters. The summed E-state index contributed by atoms with van der Waals surface area (Å²) in [5.41, 5.74) is 7.21. The largest absolute Gasteiger partial charge is 0.492 e. The fourth-order valence-electron chi connectivity index (χ4n) is 10.6. The first-order valence-corrected chi connectivity index (χ1v) is 32.6. The van der Waals surface area contributed by atoms with Crippen molar-refractivity contribution < 1.29 is 102 Å². The highest BCUT2D eigenvalue weighted by Crippen LogP contribution is 2.49. The van der Waals surface area contributed by atoms with Gasteiger partial charge in [-0.05, 0) is 88.4 Å². The number of likely N-dealkylation sites (N-methyl/N-ethyl adjacent to an activating group) is 1. The number of carbonyl (C=O) groups excluding carboxylic acids is 3. The van der Waals surface area contributed by atoms with Crippen molar-refractivity contribution in [1.29, 1.82) is 0 Å². The second-order valence-corrected chi connectivity index (χ2v) is 27.2. The number of rotatable bonds is 23. The minimum absolute atomic E-state index is 0.0237. The fraction of sp³-hybridized carbons (Fsp3) is 0.672. The summed E-state index contributed by atoms with van der Waals surface area (Å²) in [7, 11) is 9.75. The Labute approximate surface area is 532 Å². The van der Waals surface area contributed by atoms with Gasteiger partial charge in [-0.3, -0.25) is 19.7 Å². The van der Waals surface area contributed by atoms with Crippen LogP contribution in [0, 0.1) is 34.2 Å². The number of halogens is 1. The van der Waals surface area contributed by atoms with Crippen LogP contribution >= 0.6 is 55.9 Å². The van der Waals surface area contributed by atoms with Gasteiger partial charge in [0.25, 0.3) is 0 Å². The second-order valence-electron chi connectivity index (χ2n) is 21.9. The van der Waals surface area contributed by atoms with E-state index in [1.807, 2.05) is 43.4 Å². The second kappa shape index (κ2) is 31.8. The lowest BCUT2D eigenvalue weighted by Crippen LogP contribution is -2.65. The SMILES string of the molecule is CCN[C@H]1CO[C@@H](O[C@H]2[C@H](O[C@H]3C#CC=CC#C[C@]4(O)CC(=O)C(NC(=O)OC)=C3/C4=C\CSSC(C)(C)CN)O[C@H](C)[C@@H](NO[C@H]3C[C@H](O)[C@H](SC(=O)c4c(C)c(I)c(O[C@@H]5O[C@@H](C)[C@H](O)[C@@H](OC)[C@H]5O)c(OC)c4OC)[C@@H](C)O3)[C@@H]2O)C[C@@H]1OC. The van der Waals surface area contributed by atoms with Crippen LogP contribution in [0.1, 0.15) is 76.7 Å². The summed E-state index contributed by atoms with van der Waals surface area (Å²) < 4.78 is 72.4. The normalized spacial score (nSPS) is 34.9. The predicted octanol–water partition coefficient (Wildman–Crippen LogP) is 2.66. The molecule has 29 heteroatoms. The fourth-order valence-corrected chi connectivity index (χ4v) is 14.7. The average molecular weight is 1390 g/mol. The number of nitrogens with two attached hydrogens (primary N) is 1. The smallest absolute Gasteiger partial charge is 0.411 e. The molecule has 4 aliphatic heterocycles. The van der Waals surface area contributed by atoms with Gasteiger partial charge < -0.3 is 93.4 Å². The van der Waals surface area contributed by atoms with E-state index in [1.165, 1.54) is 55.1 Å². The molecule has 1 aromatic rings. The van der Waals surface area contributed by atoms with Crippen molar-refractivity contribution in [2.45, 2.75) is 188 Å². The molecule has 4 saturated heterocycles. The van der Waals surface area contributed by atoms with Crippen molar-refractivity contribution in [3.8, 4) is 40.9 Å². The minimum atomic E-state index is -2.09. The number of carbonyl (C=O) groups is 3. The molecule has 1 aromatic carbocycles. The molecule has 6 aliphatic rings. The molecule has 4 fully saturated rings. The third kappa shape index (κ3) is 16.7. The third-order valence-corrected chi connectivity index (χ3v) is 21.3. The van der Waals surface area contributed by atoms with Crippen LogP contribution in [0.15, 0.2) is 35.1 Å². The Balaban J connectivity index is 1.13. The predicted molar refractivity (Wildman–Crippen MR) is 329 cm³/mol. The maximum Gasteiger partial charge on any atom is 0.411 e. The number of methoxy groups -OCH3 is 5. The van der Waals surface area contributed by atoms with Crippen molar-refractivity contribution in [2.24, 2.45) is 5.73 Å². The van der Waals surface area contributed by atoms with Gasteiger partial charge in [0.05, 0.1) is 97.0 Å². The van der Waals surface area contributed by atoms with Crippen molar-refractivity contribution in [3.63, 3.8) is 0 Å². The number of ketones is 1. The van der Waals surface area contributed by atoms with Crippen LogP contribution in [-0.2, 0) is 52.3 Å². The van der Waals surface area contributed by atoms with Gasteiger partial charge in [0.2, 0.25) is 17.2 Å². The molecule has 7 rings (SSSR count). The quantitative estimate of drug-likeness (QED) is 0.0250. The molecule has 0 radical (unpaired) electrons. The van der Waals surface area contributed by atoms with E-state index in [-0.39, 0.29) is 81.7 Å². The van der Waals surface area contributed by atoms with E-state index in [9.17, 15) is 39.9 Å². The Bertz CT molecular complexity index is 2820. The number of aliphatic hydroxyl groups excluding tert-OH is 4. The van der Waals surface area contributed by atoms with Crippen LogP contribution < -0.4 is 36.1 Å². The lowest BCUT2D eigenvalue weighted by Gasteiger charge is -2.46. The number of Topliss-reactive ketones (excluding diaryl/α,β-unsaturated/α-hetero) is 1. The van der Waals surface area contributed by atoms with Crippen molar-refractivity contribution in [2.75, 3.05) is 61.0 Å². The highest BCUT2D eigenvalue weighted by atomic mass is 127. The monoisotopic (exact) mass is 1390 g/mol. The zero-order valence-electron chi connectivity index (χ0n) is 50.5. The first-order chi connectivity index (χ1) is 41.4. The van der Waals surface area contributed by atoms with Crippen LogP contribution in [0.3, 0.4) is 0 Å². The minimum Gasteiger partial charge on any atom is -0.492 e. The van der Waals surface area contributed by atoms with E-state index < -0.39 is 127 Å². The molecule has 1 amide bonds. The number of benzene rings is 1. The topological polar surface area (TPSA) is 334 Å². The van der Waals surface area contributed by atoms with Gasteiger partial charge in [-0.15, -0.1) is 0 Å². The summed E-state index contributed by atoms with van der Waals surface area (Å²) in [6.07, 6.45) is -14.0. The zero-order valence-corrected chi connectivity index (χ0v) is 55.1. The van der Waals surface area contributed by atoms with Crippen LogP contribution in [0.25, 0.3) is 0 Å². The molecule has 0 spiro atoms. The van der Waals surface area contributed by atoms with Crippen LogP contribution in [0.5, 0.6) is 17.2 Å². The summed E-state index contributed by atoms with van der Waals surface area (Å²) in [4.78, 5) is 47.8. The average Bonchev–Trinajstić information content (AvgIpc) is 0.827. The Morgan fingerprint density at radius 1 is 0.897 bits per heavy atom. The maximum absolute atomic E-state index is 14.5. The van der Waals surface area contributed by atoms with E-state index in [0.717, 1.165) is 18.9 Å². The number of allylic oxidation sites excluding steroid dienone is 3. The van der Waals surface area contributed by atoms with Gasteiger partial charge in [-0.25, -0.2) is 4.79 Å². The number of hydroxylamine groups is 1. The highest BCUT2D eigenvalue weighted by Gasteiger charge is 2.52. The molecule has 25 nitrogen and oxygen atoms in total. The van der Waals surface area contributed by atoms with Crippen LogP contribution in [0.4, 0.5) is 4.79 Å². The first kappa shape index (κ1) is 71.1. The van der Waals surface area contributed by atoms with Crippen molar-refractivity contribution >= 4 is 72.9 Å². The van der Waals surface area contributed by atoms with Crippen LogP contribution in [-0.4, -0.2) is 224 Å². The lowest BCUT2D eigenvalue weighted by molar-refractivity contribution is -0.336. The third-order valence-electron chi connectivity index (χ3n) is 15.4. The molecule has 10 N–H and O–H groups in total. The Morgan fingerprint density at radius 2 is 1.61 bits per heavy atom. The summed E-state index contributed by atoms with van der Waals surface area (Å²) >= 11 is 2.82. The Hall–Kier alpha value is -3.33. The zero-order chi connectivity index (χ0) is 63.7. The Kier molecular flexibility index (Phi) is 26.0. The molecular formula is C58H81IN4O21S3. The van der Waals surface area contributed by atoms with Gasteiger partial charge >= 0.3 is 6.09 Å². The number of alkyl carbamates (subject to hydrolysis) is 1. The van der Waals surface area contributed by atoms with Crippen LogP contribution in [0.2, 0.25) is 0 Å². The number of ether oxygens (including phenoxy) is 12. The van der Waals surface area contributed by atoms with E-state index >= 15 is 0 Å². The lowest BCUT2D eigenvalue weighted by atomic mass is 9.75. The summed E-state index contributed by atoms with van der Waals surface area (Å²) in [5, 5.41) is 62.9. The van der Waals surface area contributed by atoms with E-state index in [1.54, 1.807) is 40.9 Å². The highest BCUT2D eigenvalue weighted by molar-refractivity contribution is 14.1. The molecule has 2 aliphatic carbocycles. The molecule has 2 bridgehead atoms. The number of aliphatic hydroxyl groups is 5. The molecule has 4 heterocycles. The molecule has 484 valence electrons. The molecular weight excluding hydrogens is 1310 g/mol. The van der Waals surface area contributed by atoms with Gasteiger partial charge in [-0.1, -0.05) is 70.0 Å². The van der Waals surface area contributed by atoms with Gasteiger partial charge in [0, 0.05) is 55.3 Å². The van der Waals surface area contributed by atoms with Gasteiger partial charge in [0.15, 0.2) is 41.8 Å². The first-order valence-electron chi connectivity index (χ1n) is 28.3. The van der Waals surface area contributed by atoms with E-state index in [0.29, 0.717) is 22.2 Å². The summed E-state index contributed by atoms with van der Waals surface area (Å²) in [5.74, 6) is 11.3. The number of fused-ring (bicyclic) bond motifs is 2. The van der Waals surface area contributed by atoms with E-state index in [4.69, 9.17) is 67.4 Å². The molecule has 0 aromatic heterocycles. The van der Waals surface area contributed by atoms with Crippen molar-refractivity contribution in [1.82, 2.24) is 16.1 Å². The summed E-state index contributed by atoms with van der Waals surface area (Å²) in [6, 6.07) is -1.29. The number of hydrogen-bond donors (Lipinski definition) is 9.